The monoisotopic (exact) mass is 186 g/mol. The highest BCUT2D eigenvalue weighted by molar-refractivity contribution is 5.16. The number of benzene rings is 1. The fourth-order valence-electron chi connectivity index (χ4n) is 1.22. The minimum absolute atomic E-state index is 0.694. The Hall–Kier alpha value is -1.22. The third-order valence-electron chi connectivity index (χ3n) is 2.02. The van der Waals surface area contributed by atoms with Gasteiger partial charge < -0.3 is 0 Å². The molecule has 0 saturated carbocycles. The largest absolute Gasteiger partial charge is 0.103 e. The molecule has 0 fully saturated rings. The zero-order valence-corrected chi connectivity index (χ0v) is 9.09. The Kier molecular flexibility index (Phi) is 4.86. The van der Waals surface area contributed by atoms with Gasteiger partial charge in [0.25, 0.3) is 0 Å². The van der Waals surface area contributed by atoms with Gasteiger partial charge >= 0.3 is 0 Å². The topological polar surface area (TPSA) is 0 Å². The van der Waals surface area contributed by atoms with Crippen molar-refractivity contribution in [1.82, 2.24) is 0 Å². The lowest BCUT2D eigenvalue weighted by Gasteiger charge is -1.95. The number of hydrogen-bond donors (Lipinski definition) is 0. The van der Waals surface area contributed by atoms with E-state index in [1.54, 1.807) is 0 Å². The number of rotatable bonds is 3. The second kappa shape index (κ2) is 6.27. The van der Waals surface area contributed by atoms with Gasteiger partial charge in [-0.15, -0.1) is 11.8 Å². The molecule has 0 unspecified atom stereocenters. The molecule has 14 heavy (non-hydrogen) atoms. The zero-order valence-electron chi connectivity index (χ0n) is 9.09. The molecule has 0 bridgehead atoms. The van der Waals surface area contributed by atoms with E-state index in [0.29, 0.717) is 5.92 Å². The summed E-state index contributed by atoms with van der Waals surface area (Å²) in [5, 5.41) is 0. The maximum atomic E-state index is 3.22. The van der Waals surface area contributed by atoms with Gasteiger partial charge in [0.15, 0.2) is 0 Å². The van der Waals surface area contributed by atoms with Gasteiger partial charge in [0.1, 0.15) is 0 Å². The average Bonchev–Trinajstić information content (AvgIpc) is 2.18. The Morgan fingerprint density at radius 1 is 1.07 bits per heavy atom. The van der Waals surface area contributed by atoms with Crippen LogP contribution in [-0.4, -0.2) is 0 Å². The quantitative estimate of drug-likeness (QED) is 0.632. The van der Waals surface area contributed by atoms with Crippen LogP contribution in [0.3, 0.4) is 0 Å². The normalized spacial score (nSPS) is 9.64. The van der Waals surface area contributed by atoms with Gasteiger partial charge in [-0.1, -0.05) is 44.2 Å². The minimum Gasteiger partial charge on any atom is -0.103 e. The lowest BCUT2D eigenvalue weighted by molar-refractivity contribution is 0.675. The molecular formula is C14H18. The molecule has 1 rings (SSSR count). The van der Waals surface area contributed by atoms with E-state index in [9.17, 15) is 0 Å². The summed E-state index contributed by atoms with van der Waals surface area (Å²) in [6, 6.07) is 10.5. The van der Waals surface area contributed by atoms with Gasteiger partial charge in [0, 0.05) is 12.8 Å². The second-order valence-corrected chi connectivity index (χ2v) is 3.94. The summed E-state index contributed by atoms with van der Waals surface area (Å²) in [6.45, 7) is 4.40. The van der Waals surface area contributed by atoms with Crippen molar-refractivity contribution >= 4 is 0 Å². The SMILES string of the molecule is CC(C)CC#CCCc1ccccc1. The first-order valence-electron chi connectivity index (χ1n) is 5.28. The molecule has 0 radical (unpaired) electrons. The van der Waals surface area contributed by atoms with Crippen molar-refractivity contribution in [2.24, 2.45) is 5.92 Å². The van der Waals surface area contributed by atoms with Crippen LogP contribution >= 0.6 is 0 Å². The molecule has 0 amide bonds. The lowest BCUT2D eigenvalue weighted by atomic mass is 10.1. The maximum Gasteiger partial charge on any atom is 0.0129 e. The summed E-state index contributed by atoms with van der Waals surface area (Å²) in [5.74, 6) is 7.11. The average molecular weight is 186 g/mol. The van der Waals surface area contributed by atoms with Crippen LogP contribution in [0.5, 0.6) is 0 Å². The summed E-state index contributed by atoms with van der Waals surface area (Å²) in [6.07, 6.45) is 3.08. The predicted octanol–water partition coefficient (Wildman–Crippen LogP) is 3.67. The molecule has 0 heterocycles. The van der Waals surface area contributed by atoms with E-state index in [1.165, 1.54) is 5.56 Å². The van der Waals surface area contributed by atoms with Gasteiger partial charge in [-0.2, -0.15) is 0 Å². The minimum atomic E-state index is 0.694. The van der Waals surface area contributed by atoms with Crippen LogP contribution in [0, 0.1) is 17.8 Å². The van der Waals surface area contributed by atoms with Gasteiger partial charge in [0.05, 0.1) is 0 Å². The van der Waals surface area contributed by atoms with E-state index in [2.05, 4.69) is 50.0 Å². The Bertz CT molecular complexity index is 298. The van der Waals surface area contributed by atoms with Gasteiger partial charge in [-0.3, -0.25) is 0 Å². The fraction of sp³-hybridized carbons (Fsp3) is 0.429. The summed E-state index contributed by atoms with van der Waals surface area (Å²) >= 11 is 0. The standard InChI is InChI=1S/C14H18/c1-13(2)9-5-3-6-10-14-11-7-4-8-12-14/h4,7-8,11-13H,6,9-10H2,1-2H3. The van der Waals surface area contributed by atoms with E-state index >= 15 is 0 Å². The molecule has 0 spiro atoms. The summed E-state index contributed by atoms with van der Waals surface area (Å²) < 4.78 is 0. The lowest BCUT2D eigenvalue weighted by Crippen LogP contribution is -1.84. The van der Waals surface area contributed by atoms with E-state index in [1.807, 2.05) is 6.07 Å². The molecule has 0 aliphatic carbocycles. The molecule has 0 N–H and O–H groups in total. The molecule has 0 heteroatoms. The Morgan fingerprint density at radius 2 is 1.79 bits per heavy atom. The van der Waals surface area contributed by atoms with E-state index < -0.39 is 0 Å². The third kappa shape index (κ3) is 4.72. The molecular weight excluding hydrogens is 168 g/mol. The van der Waals surface area contributed by atoms with Crippen molar-refractivity contribution in [3.63, 3.8) is 0 Å². The molecule has 1 aromatic rings. The van der Waals surface area contributed by atoms with Crippen LogP contribution in [0.4, 0.5) is 0 Å². The Morgan fingerprint density at radius 3 is 2.43 bits per heavy atom. The van der Waals surface area contributed by atoms with Crippen LogP contribution in [0.25, 0.3) is 0 Å². The Labute approximate surface area is 87.4 Å². The molecule has 0 aliphatic heterocycles. The van der Waals surface area contributed by atoms with Crippen LogP contribution in [0.1, 0.15) is 32.3 Å². The molecule has 74 valence electrons. The van der Waals surface area contributed by atoms with Gasteiger partial charge in [0.2, 0.25) is 0 Å². The summed E-state index contributed by atoms with van der Waals surface area (Å²) in [5.41, 5.74) is 1.38. The van der Waals surface area contributed by atoms with Crippen molar-refractivity contribution in [3.05, 3.63) is 35.9 Å². The first-order valence-corrected chi connectivity index (χ1v) is 5.28. The van der Waals surface area contributed by atoms with Crippen molar-refractivity contribution in [1.29, 1.82) is 0 Å². The van der Waals surface area contributed by atoms with Crippen LogP contribution in [-0.2, 0) is 6.42 Å². The molecule has 0 atom stereocenters. The zero-order chi connectivity index (χ0) is 10.2. The van der Waals surface area contributed by atoms with Gasteiger partial charge in [-0.05, 0) is 17.9 Å². The molecule has 0 saturated heterocycles. The van der Waals surface area contributed by atoms with Crippen LogP contribution in [0.15, 0.2) is 30.3 Å². The number of hydrogen-bond acceptors (Lipinski definition) is 0. The molecule has 1 aromatic carbocycles. The predicted molar refractivity (Wildman–Crippen MR) is 62.0 cm³/mol. The van der Waals surface area contributed by atoms with Crippen LogP contribution < -0.4 is 0 Å². The van der Waals surface area contributed by atoms with E-state index in [4.69, 9.17) is 0 Å². The first kappa shape index (κ1) is 10.9. The van der Waals surface area contributed by atoms with Gasteiger partial charge in [-0.25, -0.2) is 0 Å². The molecule has 0 aliphatic rings. The van der Waals surface area contributed by atoms with Crippen molar-refractivity contribution in [3.8, 4) is 11.8 Å². The van der Waals surface area contributed by atoms with Crippen LogP contribution in [0.2, 0.25) is 0 Å². The first-order chi connectivity index (χ1) is 6.79. The Balaban J connectivity index is 2.24. The number of aryl methyl sites for hydroxylation is 1. The van der Waals surface area contributed by atoms with Crippen molar-refractivity contribution in [2.45, 2.75) is 33.1 Å². The van der Waals surface area contributed by atoms with Crippen molar-refractivity contribution in [2.75, 3.05) is 0 Å². The maximum absolute atomic E-state index is 3.22. The highest BCUT2D eigenvalue weighted by Crippen LogP contribution is 2.02. The van der Waals surface area contributed by atoms with E-state index in [-0.39, 0.29) is 0 Å². The summed E-state index contributed by atoms with van der Waals surface area (Å²) in [4.78, 5) is 0. The van der Waals surface area contributed by atoms with Crippen molar-refractivity contribution < 1.29 is 0 Å². The summed E-state index contributed by atoms with van der Waals surface area (Å²) in [7, 11) is 0. The third-order valence-corrected chi connectivity index (χ3v) is 2.02. The second-order valence-electron chi connectivity index (χ2n) is 3.94. The highest BCUT2D eigenvalue weighted by atomic mass is 13.9. The fourth-order valence-corrected chi connectivity index (χ4v) is 1.22. The molecule has 0 nitrogen and oxygen atoms in total. The smallest absolute Gasteiger partial charge is 0.0129 e. The molecule has 0 aromatic heterocycles. The highest BCUT2D eigenvalue weighted by Gasteiger charge is 1.88. The van der Waals surface area contributed by atoms with E-state index in [0.717, 1.165) is 19.3 Å².